The molecule has 82 valence electrons. The first kappa shape index (κ1) is 12.0. The number of carbonyl (C=O) groups is 1. The minimum absolute atomic E-state index is 0.271. The van der Waals surface area contributed by atoms with Crippen LogP contribution in [0.2, 0.25) is 0 Å². The number of carboxylic acid groups (broad SMARTS) is 1. The molecule has 1 rings (SSSR count). The van der Waals surface area contributed by atoms with E-state index in [9.17, 15) is 9.18 Å². The summed E-state index contributed by atoms with van der Waals surface area (Å²) < 4.78 is 12.1. The number of halogens is 1. The first-order valence-corrected chi connectivity index (χ1v) is 5.33. The summed E-state index contributed by atoms with van der Waals surface area (Å²) in [5.41, 5.74) is 0.529. The Balaban J connectivity index is 2.91. The maximum Gasteiger partial charge on any atom is 0.319 e. The van der Waals surface area contributed by atoms with Gasteiger partial charge in [0.1, 0.15) is 10.6 Å². The Morgan fingerprint density at radius 2 is 2.07 bits per heavy atom. The van der Waals surface area contributed by atoms with E-state index in [1.54, 1.807) is 32.9 Å². The SMILES string of the molecule is Cc1cc(SC(C)(C)C(=O)O)ccc1F. The maximum atomic E-state index is 13.0. The van der Waals surface area contributed by atoms with Crippen LogP contribution in [0.25, 0.3) is 0 Å². The molecule has 4 heteroatoms. The van der Waals surface area contributed by atoms with E-state index in [2.05, 4.69) is 0 Å². The lowest BCUT2D eigenvalue weighted by Crippen LogP contribution is -2.26. The van der Waals surface area contributed by atoms with Crippen molar-refractivity contribution in [1.82, 2.24) is 0 Å². The molecule has 0 bridgehead atoms. The van der Waals surface area contributed by atoms with Gasteiger partial charge in [0.05, 0.1) is 0 Å². The molecule has 1 N–H and O–H groups in total. The van der Waals surface area contributed by atoms with E-state index < -0.39 is 10.7 Å². The van der Waals surface area contributed by atoms with Crippen LogP contribution in [0, 0.1) is 12.7 Å². The molecule has 15 heavy (non-hydrogen) atoms. The second kappa shape index (κ2) is 4.23. The summed E-state index contributed by atoms with van der Waals surface area (Å²) >= 11 is 1.21. The van der Waals surface area contributed by atoms with Gasteiger partial charge in [-0.05, 0) is 44.5 Å². The van der Waals surface area contributed by atoms with Gasteiger partial charge in [0.15, 0.2) is 0 Å². The number of hydrogen-bond donors (Lipinski definition) is 1. The zero-order valence-corrected chi connectivity index (χ0v) is 9.69. The third kappa shape index (κ3) is 2.96. The van der Waals surface area contributed by atoms with Gasteiger partial charge in [-0.15, -0.1) is 11.8 Å². The fourth-order valence-corrected chi connectivity index (χ4v) is 2.07. The Morgan fingerprint density at radius 3 is 2.53 bits per heavy atom. The maximum absolute atomic E-state index is 13.0. The van der Waals surface area contributed by atoms with Crippen molar-refractivity contribution in [2.24, 2.45) is 0 Å². The largest absolute Gasteiger partial charge is 0.480 e. The summed E-state index contributed by atoms with van der Waals surface area (Å²) in [6.45, 7) is 4.91. The zero-order valence-electron chi connectivity index (χ0n) is 8.87. The average Bonchev–Trinajstić information content (AvgIpc) is 2.10. The molecule has 2 nitrogen and oxygen atoms in total. The van der Waals surface area contributed by atoms with Crippen molar-refractivity contribution in [2.45, 2.75) is 30.4 Å². The molecule has 0 saturated carbocycles. The second-order valence-electron chi connectivity index (χ2n) is 3.83. The Kier molecular flexibility index (Phi) is 3.39. The van der Waals surface area contributed by atoms with Crippen molar-refractivity contribution in [3.63, 3.8) is 0 Å². The normalized spacial score (nSPS) is 11.5. The van der Waals surface area contributed by atoms with Crippen molar-refractivity contribution in [1.29, 1.82) is 0 Å². The molecule has 1 aromatic carbocycles. The van der Waals surface area contributed by atoms with Crippen LogP contribution in [0.1, 0.15) is 19.4 Å². The molecule has 0 aliphatic heterocycles. The lowest BCUT2D eigenvalue weighted by atomic mass is 10.2. The van der Waals surface area contributed by atoms with E-state index in [-0.39, 0.29) is 5.82 Å². The van der Waals surface area contributed by atoms with E-state index in [4.69, 9.17) is 5.11 Å². The number of aliphatic carboxylic acids is 1. The van der Waals surface area contributed by atoms with Crippen LogP contribution in [0.3, 0.4) is 0 Å². The monoisotopic (exact) mass is 228 g/mol. The standard InChI is InChI=1S/C11H13FO2S/c1-7-6-8(4-5-9(7)12)15-11(2,3)10(13)14/h4-6H,1-3H3,(H,13,14). The van der Waals surface area contributed by atoms with Crippen molar-refractivity contribution < 1.29 is 14.3 Å². The van der Waals surface area contributed by atoms with Gasteiger partial charge in [0.2, 0.25) is 0 Å². The minimum atomic E-state index is -0.899. The number of benzene rings is 1. The molecule has 0 radical (unpaired) electrons. The predicted molar refractivity (Wildman–Crippen MR) is 58.7 cm³/mol. The molecule has 0 fully saturated rings. The summed E-state index contributed by atoms with van der Waals surface area (Å²) in [6, 6.07) is 4.61. The Morgan fingerprint density at radius 1 is 1.47 bits per heavy atom. The van der Waals surface area contributed by atoms with Gasteiger partial charge in [-0.2, -0.15) is 0 Å². The van der Waals surface area contributed by atoms with Crippen LogP contribution in [0.4, 0.5) is 4.39 Å². The van der Waals surface area contributed by atoms with E-state index in [1.807, 2.05) is 0 Å². The quantitative estimate of drug-likeness (QED) is 0.808. The number of carboxylic acids is 1. The first-order valence-electron chi connectivity index (χ1n) is 4.51. The summed E-state index contributed by atoms with van der Waals surface area (Å²) in [5.74, 6) is -1.15. The fraction of sp³-hybridized carbons (Fsp3) is 0.364. The minimum Gasteiger partial charge on any atom is -0.480 e. The van der Waals surface area contributed by atoms with E-state index >= 15 is 0 Å². The lowest BCUT2D eigenvalue weighted by Gasteiger charge is -2.18. The topological polar surface area (TPSA) is 37.3 Å². The molecular weight excluding hydrogens is 215 g/mol. The third-order valence-electron chi connectivity index (χ3n) is 2.02. The Hall–Kier alpha value is -1.03. The zero-order chi connectivity index (χ0) is 11.6. The molecule has 0 aliphatic carbocycles. The number of thioether (sulfide) groups is 1. The van der Waals surface area contributed by atoms with E-state index in [1.165, 1.54) is 17.8 Å². The molecule has 0 heterocycles. The number of hydrogen-bond acceptors (Lipinski definition) is 2. The van der Waals surface area contributed by atoms with Crippen LogP contribution in [-0.2, 0) is 4.79 Å². The lowest BCUT2D eigenvalue weighted by molar-refractivity contribution is -0.138. The van der Waals surface area contributed by atoms with Gasteiger partial charge in [0, 0.05) is 4.90 Å². The third-order valence-corrected chi connectivity index (χ3v) is 3.19. The van der Waals surface area contributed by atoms with Gasteiger partial charge in [-0.25, -0.2) is 4.39 Å². The predicted octanol–water partition coefficient (Wildman–Crippen LogP) is 3.09. The van der Waals surface area contributed by atoms with Crippen molar-refractivity contribution >= 4 is 17.7 Å². The molecular formula is C11H13FO2S. The molecule has 0 unspecified atom stereocenters. The van der Waals surface area contributed by atoms with Crippen LogP contribution in [-0.4, -0.2) is 15.8 Å². The first-order chi connectivity index (χ1) is 6.83. The summed E-state index contributed by atoms with van der Waals surface area (Å²) in [5, 5.41) is 8.93. The molecule has 0 amide bonds. The van der Waals surface area contributed by atoms with E-state index in [0.29, 0.717) is 5.56 Å². The summed E-state index contributed by atoms with van der Waals surface area (Å²) in [7, 11) is 0. The average molecular weight is 228 g/mol. The smallest absolute Gasteiger partial charge is 0.319 e. The number of aryl methyl sites for hydroxylation is 1. The highest BCUT2D eigenvalue weighted by Crippen LogP contribution is 2.33. The van der Waals surface area contributed by atoms with Crippen molar-refractivity contribution in [3.8, 4) is 0 Å². The van der Waals surface area contributed by atoms with Crippen LogP contribution in [0.5, 0.6) is 0 Å². The molecule has 0 aromatic heterocycles. The van der Waals surface area contributed by atoms with Crippen molar-refractivity contribution in [3.05, 3.63) is 29.6 Å². The highest BCUT2D eigenvalue weighted by molar-refractivity contribution is 8.01. The van der Waals surface area contributed by atoms with Gasteiger partial charge in [0.25, 0.3) is 0 Å². The van der Waals surface area contributed by atoms with Crippen molar-refractivity contribution in [2.75, 3.05) is 0 Å². The van der Waals surface area contributed by atoms with Gasteiger partial charge in [-0.3, -0.25) is 4.79 Å². The van der Waals surface area contributed by atoms with E-state index in [0.717, 1.165) is 4.90 Å². The number of rotatable bonds is 3. The van der Waals surface area contributed by atoms with Crippen LogP contribution < -0.4 is 0 Å². The van der Waals surface area contributed by atoms with Crippen LogP contribution >= 0.6 is 11.8 Å². The molecule has 0 aliphatic rings. The highest BCUT2D eigenvalue weighted by atomic mass is 32.2. The molecule has 0 spiro atoms. The molecule has 0 atom stereocenters. The summed E-state index contributed by atoms with van der Waals surface area (Å²) in [6.07, 6.45) is 0. The Bertz CT molecular complexity index is 388. The van der Waals surface area contributed by atoms with Gasteiger partial charge in [-0.1, -0.05) is 0 Å². The second-order valence-corrected chi connectivity index (χ2v) is 5.52. The van der Waals surface area contributed by atoms with Gasteiger partial charge < -0.3 is 5.11 Å². The highest BCUT2D eigenvalue weighted by Gasteiger charge is 2.28. The van der Waals surface area contributed by atoms with Gasteiger partial charge >= 0.3 is 5.97 Å². The molecule has 1 aromatic rings. The fourth-order valence-electron chi connectivity index (χ4n) is 1.02. The molecule has 0 saturated heterocycles. The summed E-state index contributed by atoms with van der Waals surface area (Å²) in [4.78, 5) is 11.6. The Labute approximate surface area is 92.5 Å². The van der Waals surface area contributed by atoms with Crippen LogP contribution in [0.15, 0.2) is 23.1 Å².